The molecule has 2 aromatic carbocycles. The van der Waals surface area contributed by atoms with Crippen LogP contribution in [0, 0.1) is 0 Å². The van der Waals surface area contributed by atoms with E-state index in [2.05, 4.69) is 29.6 Å². The maximum Gasteiger partial charge on any atom is 0.407 e. The lowest BCUT2D eigenvalue weighted by Gasteiger charge is -2.22. The Bertz CT molecular complexity index is 741. The number of nitrogens with one attached hydrogen (secondary N) is 1. The minimum Gasteiger partial charge on any atom is -0.481 e. The molecule has 0 radical (unpaired) electrons. The van der Waals surface area contributed by atoms with E-state index in [-0.39, 0.29) is 25.0 Å². The van der Waals surface area contributed by atoms with Crippen molar-refractivity contribution in [1.82, 2.24) is 5.32 Å². The number of hydrogen-bond donors (Lipinski definition) is 2. The topological polar surface area (TPSA) is 75.6 Å². The van der Waals surface area contributed by atoms with Gasteiger partial charge in [-0.2, -0.15) is 0 Å². The van der Waals surface area contributed by atoms with Crippen LogP contribution in [0.25, 0.3) is 11.1 Å². The molecule has 0 saturated heterocycles. The van der Waals surface area contributed by atoms with E-state index < -0.39 is 12.1 Å². The molecule has 1 amide bonds. The molecule has 1 aliphatic rings. The van der Waals surface area contributed by atoms with E-state index in [1.807, 2.05) is 31.2 Å². The third-order valence-corrected chi connectivity index (χ3v) is 4.48. The van der Waals surface area contributed by atoms with Gasteiger partial charge in [-0.05, 0) is 35.6 Å². The summed E-state index contributed by atoms with van der Waals surface area (Å²) in [5, 5.41) is 11.2. The van der Waals surface area contributed by atoms with Gasteiger partial charge in [-0.25, -0.2) is 4.79 Å². The van der Waals surface area contributed by atoms with Gasteiger partial charge in [0.2, 0.25) is 0 Å². The van der Waals surface area contributed by atoms with Gasteiger partial charge in [-0.15, -0.1) is 0 Å². The number of carboxylic acid groups (broad SMARTS) is 1. The van der Waals surface area contributed by atoms with Crippen molar-refractivity contribution < 1.29 is 19.4 Å². The Balaban J connectivity index is 1.69. The molecule has 0 aromatic heterocycles. The first-order valence-corrected chi connectivity index (χ1v) is 8.42. The fourth-order valence-electron chi connectivity index (χ4n) is 3.41. The molecule has 0 saturated carbocycles. The number of rotatable bonds is 6. The van der Waals surface area contributed by atoms with Crippen LogP contribution in [0.2, 0.25) is 0 Å². The number of fused-ring (bicyclic) bond motifs is 3. The van der Waals surface area contributed by atoms with Crippen molar-refractivity contribution in [2.75, 3.05) is 6.54 Å². The highest BCUT2D eigenvalue weighted by Gasteiger charge is 2.33. The molecule has 5 nitrogen and oxygen atoms in total. The molecule has 130 valence electrons. The Morgan fingerprint density at radius 3 is 2.20 bits per heavy atom. The molecule has 5 heteroatoms. The molecule has 0 unspecified atom stereocenters. The number of benzene rings is 2. The lowest BCUT2D eigenvalue weighted by molar-refractivity contribution is -0.137. The van der Waals surface area contributed by atoms with Gasteiger partial charge in [0.05, 0.1) is 0 Å². The van der Waals surface area contributed by atoms with Crippen molar-refractivity contribution >= 4 is 12.1 Å². The highest BCUT2D eigenvalue weighted by molar-refractivity contribution is 5.79. The first-order chi connectivity index (χ1) is 12.1. The average Bonchev–Trinajstić information content (AvgIpc) is 2.93. The van der Waals surface area contributed by atoms with Crippen LogP contribution >= 0.6 is 0 Å². The maximum absolute atomic E-state index is 12.0. The molecule has 2 N–H and O–H groups in total. The summed E-state index contributed by atoms with van der Waals surface area (Å²) < 4.78 is 5.56. The Labute approximate surface area is 146 Å². The van der Waals surface area contributed by atoms with Crippen molar-refractivity contribution in [3.63, 3.8) is 0 Å². The number of ether oxygens (including phenoxy) is 1. The predicted molar refractivity (Wildman–Crippen MR) is 94.5 cm³/mol. The van der Waals surface area contributed by atoms with Crippen LogP contribution < -0.4 is 5.32 Å². The van der Waals surface area contributed by atoms with Crippen molar-refractivity contribution in [1.29, 1.82) is 0 Å². The van der Waals surface area contributed by atoms with E-state index in [1.165, 1.54) is 11.1 Å². The second-order valence-electron chi connectivity index (χ2n) is 6.19. The highest BCUT2D eigenvalue weighted by atomic mass is 16.6. The molecule has 1 atom stereocenters. The molecular weight excluding hydrogens is 318 g/mol. The van der Waals surface area contributed by atoms with E-state index in [1.54, 1.807) is 0 Å². The van der Waals surface area contributed by atoms with E-state index in [4.69, 9.17) is 9.84 Å². The normalized spacial score (nSPS) is 13.6. The average molecular weight is 339 g/mol. The van der Waals surface area contributed by atoms with E-state index in [0.29, 0.717) is 6.42 Å². The van der Waals surface area contributed by atoms with Gasteiger partial charge in [-0.1, -0.05) is 48.5 Å². The summed E-state index contributed by atoms with van der Waals surface area (Å²) in [4.78, 5) is 22.5. The van der Waals surface area contributed by atoms with Crippen molar-refractivity contribution in [2.24, 2.45) is 0 Å². The molecule has 3 rings (SSSR count). The minimum absolute atomic E-state index is 0.00262. The summed E-state index contributed by atoms with van der Waals surface area (Å²) in [5.74, 6) is -0.875. The smallest absolute Gasteiger partial charge is 0.407 e. The zero-order chi connectivity index (χ0) is 17.8. The second-order valence-corrected chi connectivity index (χ2v) is 6.19. The van der Waals surface area contributed by atoms with E-state index in [9.17, 15) is 9.59 Å². The number of carboxylic acids is 1. The molecule has 1 aliphatic carbocycles. The number of aliphatic carboxylic acids is 1. The molecular formula is C20H21NO4. The molecule has 0 aliphatic heterocycles. The Hall–Kier alpha value is -2.82. The number of hydrogen-bond acceptors (Lipinski definition) is 3. The maximum atomic E-state index is 12.0. The lowest BCUT2D eigenvalue weighted by Crippen LogP contribution is -2.31. The van der Waals surface area contributed by atoms with Crippen LogP contribution in [0.15, 0.2) is 48.5 Å². The van der Waals surface area contributed by atoms with Crippen molar-refractivity contribution in [3.8, 4) is 11.1 Å². The largest absolute Gasteiger partial charge is 0.481 e. The minimum atomic E-state index is -0.872. The molecule has 0 spiro atoms. The van der Waals surface area contributed by atoms with Gasteiger partial charge in [0.15, 0.2) is 0 Å². The number of amides is 1. The van der Waals surface area contributed by atoms with Crippen LogP contribution in [-0.2, 0) is 9.53 Å². The quantitative estimate of drug-likeness (QED) is 0.785. The summed E-state index contributed by atoms with van der Waals surface area (Å²) in [7, 11) is 0. The molecule has 2 aromatic rings. The number of alkyl carbamates (subject to hydrolysis) is 1. The van der Waals surface area contributed by atoms with Crippen LogP contribution in [-0.4, -0.2) is 29.8 Å². The monoisotopic (exact) mass is 339 g/mol. The SMILES string of the molecule is C[C@H](OC(=O)NCCCC(=O)O)C1c2ccccc2-c2ccccc21. The van der Waals surface area contributed by atoms with E-state index >= 15 is 0 Å². The fourth-order valence-corrected chi connectivity index (χ4v) is 3.41. The summed E-state index contributed by atoms with van der Waals surface area (Å²) in [6.07, 6.45) is -0.434. The highest BCUT2D eigenvalue weighted by Crippen LogP contribution is 2.46. The number of carbonyl (C=O) groups is 2. The van der Waals surface area contributed by atoms with E-state index in [0.717, 1.165) is 11.1 Å². The summed E-state index contributed by atoms with van der Waals surface area (Å²) in [5.41, 5.74) is 4.69. The van der Waals surface area contributed by atoms with Gasteiger partial charge in [-0.3, -0.25) is 4.79 Å². The van der Waals surface area contributed by atoms with Crippen molar-refractivity contribution in [3.05, 3.63) is 59.7 Å². The Morgan fingerprint density at radius 2 is 1.64 bits per heavy atom. The van der Waals surface area contributed by atoms with Gasteiger partial charge < -0.3 is 15.2 Å². The molecule has 25 heavy (non-hydrogen) atoms. The second kappa shape index (κ2) is 7.38. The van der Waals surface area contributed by atoms with Gasteiger partial charge >= 0.3 is 12.1 Å². The third-order valence-electron chi connectivity index (χ3n) is 4.48. The third kappa shape index (κ3) is 3.65. The lowest BCUT2D eigenvalue weighted by atomic mass is 9.92. The Kier molecular flexibility index (Phi) is 5.03. The van der Waals surface area contributed by atoms with Gasteiger partial charge in [0, 0.05) is 18.9 Å². The molecule has 0 fully saturated rings. The Morgan fingerprint density at radius 1 is 1.08 bits per heavy atom. The summed E-state index contributed by atoms with van der Waals surface area (Å²) in [6, 6.07) is 16.3. The molecule has 0 heterocycles. The predicted octanol–water partition coefficient (Wildman–Crippen LogP) is 3.78. The molecule has 0 bridgehead atoms. The zero-order valence-corrected chi connectivity index (χ0v) is 14.1. The van der Waals surface area contributed by atoms with Gasteiger partial charge in [0.1, 0.15) is 6.10 Å². The first-order valence-electron chi connectivity index (χ1n) is 8.42. The zero-order valence-electron chi connectivity index (χ0n) is 14.1. The number of carbonyl (C=O) groups excluding carboxylic acids is 1. The fraction of sp³-hybridized carbons (Fsp3) is 0.300. The van der Waals surface area contributed by atoms with Gasteiger partial charge in [0.25, 0.3) is 0 Å². The first kappa shape index (κ1) is 17.0. The van der Waals surface area contributed by atoms with Crippen molar-refractivity contribution in [2.45, 2.75) is 31.8 Å². The van der Waals surface area contributed by atoms with Crippen LogP contribution in [0.5, 0.6) is 0 Å². The van der Waals surface area contributed by atoms with Crippen LogP contribution in [0.1, 0.15) is 36.8 Å². The standard InChI is InChI=1S/C20H21NO4/c1-13(25-20(24)21-12-6-11-18(22)23)19-16-9-4-2-7-14(16)15-8-3-5-10-17(15)19/h2-5,7-10,13,19H,6,11-12H2,1H3,(H,21,24)(H,22,23)/t13-/m0/s1. The van der Waals surface area contributed by atoms with Crippen LogP contribution in [0.3, 0.4) is 0 Å². The summed E-state index contributed by atoms with van der Waals surface area (Å²) in [6.45, 7) is 2.18. The van der Waals surface area contributed by atoms with Crippen LogP contribution in [0.4, 0.5) is 4.79 Å². The summed E-state index contributed by atoms with van der Waals surface area (Å²) >= 11 is 0.